The molecule has 2 aromatic rings. The topological polar surface area (TPSA) is 29.5 Å². The van der Waals surface area contributed by atoms with Crippen molar-refractivity contribution < 1.29 is 9.53 Å². The van der Waals surface area contributed by atoms with Crippen molar-refractivity contribution in [3.8, 4) is 5.75 Å². The molecule has 0 saturated carbocycles. The van der Waals surface area contributed by atoms with Crippen molar-refractivity contribution in [1.29, 1.82) is 0 Å². The summed E-state index contributed by atoms with van der Waals surface area (Å²) >= 11 is 1.46. The number of aldehydes is 1. The predicted octanol–water partition coefficient (Wildman–Crippen LogP) is 6.15. The molecule has 0 amide bonds. The fourth-order valence-electron chi connectivity index (χ4n) is 2.81. The van der Waals surface area contributed by atoms with Crippen molar-refractivity contribution in [3.05, 3.63) is 45.6 Å². The number of nitrogens with zero attached hydrogens (tertiary/aromatic N) is 1. The minimum Gasteiger partial charge on any atom is -0.496 e. The molecule has 0 aliphatic heterocycles. The van der Waals surface area contributed by atoms with Crippen molar-refractivity contribution in [1.82, 2.24) is 0 Å². The van der Waals surface area contributed by atoms with Gasteiger partial charge in [-0.1, -0.05) is 38.8 Å². The third-order valence-electron chi connectivity index (χ3n) is 4.36. The van der Waals surface area contributed by atoms with Crippen LogP contribution in [0.25, 0.3) is 12.2 Å². The first-order chi connectivity index (χ1) is 12.7. The highest BCUT2D eigenvalue weighted by Crippen LogP contribution is 2.28. The van der Waals surface area contributed by atoms with Gasteiger partial charge in [-0.3, -0.25) is 4.79 Å². The highest BCUT2D eigenvalue weighted by Gasteiger charge is 2.09. The fraction of sp³-hybridized carbons (Fsp3) is 0.409. The zero-order chi connectivity index (χ0) is 18.8. The second-order valence-corrected chi connectivity index (χ2v) is 7.30. The van der Waals surface area contributed by atoms with E-state index in [-0.39, 0.29) is 0 Å². The summed E-state index contributed by atoms with van der Waals surface area (Å²) in [4.78, 5) is 14.0. The lowest BCUT2D eigenvalue weighted by Gasteiger charge is -2.25. The number of rotatable bonds is 11. The van der Waals surface area contributed by atoms with E-state index in [2.05, 4.69) is 36.9 Å². The minimum atomic E-state index is 0.745. The van der Waals surface area contributed by atoms with Crippen LogP contribution in [0.5, 0.6) is 5.75 Å². The lowest BCUT2D eigenvalue weighted by molar-refractivity contribution is 0.112. The molecular weight excluding hydrogens is 342 g/mol. The van der Waals surface area contributed by atoms with Crippen LogP contribution in [0.2, 0.25) is 0 Å². The minimum absolute atomic E-state index is 0.745. The third-order valence-corrected chi connectivity index (χ3v) is 5.23. The summed E-state index contributed by atoms with van der Waals surface area (Å²) in [6.45, 7) is 6.62. The van der Waals surface area contributed by atoms with Gasteiger partial charge in [0.1, 0.15) is 5.75 Å². The molecule has 1 heterocycles. The molecule has 2 rings (SSSR count). The summed E-state index contributed by atoms with van der Waals surface area (Å²) in [5.74, 6) is 0.877. The molecule has 0 unspecified atom stereocenters. The Morgan fingerprint density at radius 1 is 1.08 bits per heavy atom. The van der Waals surface area contributed by atoms with Gasteiger partial charge in [-0.2, -0.15) is 0 Å². The second-order valence-electron chi connectivity index (χ2n) is 6.35. The molecule has 0 aliphatic carbocycles. The molecule has 0 bridgehead atoms. The molecule has 0 radical (unpaired) electrons. The number of carbonyl (C=O) groups excluding carboxylic acids is 1. The quantitative estimate of drug-likeness (QED) is 0.444. The van der Waals surface area contributed by atoms with E-state index in [1.165, 1.54) is 42.7 Å². The summed E-state index contributed by atoms with van der Waals surface area (Å²) in [5, 5.41) is 1.98. The number of carbonyl (C=O) groups is 1. The molecule has 0 aliphatic rings. The molecule has 1 aromatic heterocycles. The summed E-state index contributed by atoms with van der Waals surface area (Å²) < 4.78 is 5.63. The largest absolute Gasteiger partial charge is 0.496 e. The first-order valence-electron chi connectivity index (χ1n) is 9.36. The number of hydrogen-bond acceptors (Lipinski definition) is 4. The summed E-state index contributed by atoms with van der Waals surface area (Å²) in [5.41, 5.74) is 3.30. The van der Waals surface area contributed by atoms with E-state index in [0.29, 0.717) is 0 Å². The van der Waals surface area contributed by atoms with Gasteiger partial charge in [0.2, 0.25) is 0 Å². The van der Waals surface area contributed by atoms with Crippen molar-refractivity contribution >= 4 is 35.5 Å². The van der Waals surface area contributed by atoms with Gasteiger partial charge in [-0.05, 0) is 42.0 Å². The number of hydrogen-bond donors (Lipinski definition) is 0. The van der Waals surface area contributed by atoms with Crippen molar-refractivity contribution in [2.75, 3.05) is 25.1 Å². The Labute approximate surface area is 161 Å². The van der Waals surface area contributed by atoms with E-state index >= 15 is 0 Å². The SMILES string of the molecule is CCCCN(CCCC)c1ccc(C=Cc2csc(C=O)c2)c(OC)c1. The van der Waals surface area contributed by atoms with E-state index in [0.717, 1.165) is 41.1 Å². The normalized spacial score (nSPS) is 11.0. The number of benzene rings is 1. The smallest absolute Gasteiger partial charge is 0.160 e. The van der Waals surface area contributed by atoms with Gasteiger partial charge in [0.25, 0.3) is 0 Å². The van der Waals surface area contributed by atoms with Gasteiger partial charge in [0, 0.05) is 30.4 Å². The molecule has 0 spiro atoms. The molecule has 0 fully saturated rings. The molecule has 1 aromatic carbocycles. The van der Waals surface area contributed by atoms with Gasteiger partial charge in [-0.25, -0.2) is 0 Å². The van der Waals surface area contributed by atoms with E-state index in [1.807, 2.05) is 23.6 Å². The average Bonchev–Trinajstić information content (AvgIpc) is 3.14. The zero-order valence-corrected chi connectivity index (χ0v) is 16.8. The number of unbranched alkanes of at least 4 members (excludes halogenated alkanes) is 2. The number of ether oxygens (including phenoxy) is 1. The van der Waals surface area contributed by atoms with E-state index in [9.17, 15) is 4.79 Å². The summed E-state index contributed by atoms with van der Waals surface area (Å²) in [7, 11) is 1.72. The molecule has 26 heavy (non-hydrogen) atoms. The Morgan fingerprint density at radius 2 is 1.81 bits per heavy atom. The first kappa shape index (κ1) is 20.2. The standard InChI is InChI=1S/C22H29NO2S/c1-4-6-12-23(13-7-5-2)20-11-10-19(22(15-20)25-3)9-8-18-14-21(16-24)26-17-18/h8-11,14-17H,4-7,12-13H2,1-3H3. The third kappa shape index (κ3) is 5.73. The average molecular weight is 372 g/mol. The number of anilines is 1. The van der Waals surface area contributed by atoms with Crippen LogP contribution in [0.1, 0.15) is 60.3 Å². The second kappa shape index (κ2) is 10.8. The molecule has 0 N–H and O–H groups in total. The van der Waals surface area contributed by atoms with Crippen LogP contribution in [0.15, 0.2) is 29.6 Å². The van der Waals surface area contributed by atoms with Crippen molar-refractivity contribution in [3.63, 3.8) is 0 Å². The van der Waals surface area contributed by atoms with Crippen LogP contribution in [-0.4, -0.2) is 26.5 Å². The molecular formula is C22H29NO2S. The predicted molar refractivity (Wildman–Crippen MR) is 114 cm³/mol. The van der Waals surface area contributed by atoms with Crippen molar-refractivity contribution in [2.24, 2.45) is 0 Å². The lowest BCUT2D eigenvalue weighted by atomic mass is 10.1. The Hall–Kier alpha value is -2.07. The molecule has 0 atom stereocenters. The van der Waals surface area contributed by atoms with E-state index < -0.39 is 0 Å². The maximum absolute atomic E-state index is 10.8. The number of thiophene rings is 1. The van der Waals surface area contributed by atoms with E-state index in [1.54, 1.807) is 7.11 Å². The molecule has 3 nitrogen and oxygen atoms in total. The van der Waals surface area contributed by atoms with Crippen LogP contribution in [0.4, 0.5) is 5.69 Å². The Bertz CT molecular complexity index is 713. The van der Waals surface area contributed by atoms with Gasteiger partial charge in [0.15, 0.2) is 6.29 Å². The van der Waals surface area contributed by atoms with E-state index in [4.69, 9.17) is 4.74 Å². The zero-order valence-electron chi connectivity index (χ0n) is 16.0. The Kier molecular flexibility index (Phi) is 8.42. The first-order valence-corrected chi connectivity index (χ1v) is 10.2. The van der Waals surface area contributed by atoms with Gasteiger partial charge < -0.3 is 9.64 Å². The molecule has 4 heteroatoms. The Balaban J connectivity index is 2.19. The van der Waals surface area contributed by atoms with Crippen LogP contribution in [-0.2, 0) is 0 Å². The molecule has 0 saturated heterocycles. The highest BCUT2D eigenvalue weighted by atomic mass is 32.1. The Morgan fingerprint density at radius 3 is 2.38 bits per heavy atom. The fourth-order valence-corrected chi connectivity index (χ4v) is 3.48. The van der Waals surface area contributed by atoms with Gasteiger partial charge in [0.05, 0.1) is 12.0 Å². The van der Waals surface area contributed by atoms with Crippen LogP contribution in [0, 0.1) is 0 Å². The van der Waals surface area contributed by atoms with Gasteiger partial charge >= 0.3 is 0 Å². The van der Waals surface area contributed by atoms with Gasteiger partial charge in [-0.15, -0.1) is 11.3 Å². The maximum atomic E-state index is 10.8. The number of methoxy groups -OCH3 is 1. The van der Waals surface area contributed by atoms with Crippen molar-refractivity contribution in [2.45, 2.75) is 39.5 Å². The molecule has 140 valence electrons. The van der Waals surface area contributed by atoms with Crippen LogP contribution in [0.3, 0.4) is 0 Å². The monoisotopic (exact) mass is 371 g/mol. The summed E-state index contributed by atoms with van der Waals surface area (Å²) in [6, 6.07) is 8.32. The highest BCUT2D eigenvalue weighted by molar-refractivity contribution is 7.11. The van der Waals surface area contributed by atoms with Crippen LogP contribution >= 0.6 is 11.3 Å². The maximum Gasteiger partial charge on any atom is 0.160 e. The lowest BCUT2D eigenvalue weighted by Crippen LogP contribution is -2.25. The van der Waals surface area contributed by atoms with Crippen LogP contribution < -0.4 is 9.64 Å². The summed E-state index contributed by atoms with van der Waals surface area (Å²) in [6.07, 6.45) is 9.75.